The first-order chi connectivity index (χ1) is 17.5. The molecule has 0 fully saturated rings. The largest absolute Gasteiger partial charge is 0.350 e. The summed E-state index contributed by atoms with van der Waals surface area (Å²) in [6.07, 6.45) is 1.11. The Kier molecular flexibility index (Phi) is 10.2. The molecule has 0 heterocycles. The molecule has 2 aromatic carbocycles. The maximum absolute atomic E-state index is 13.8. The van der Waals surface area contributed by atoms with E-state index in [9.17, 15) is 28.1 Å². The monoisotopic (exact) mass is 586 g/mol. The van der Waals surface area contributed by atoms with Gasteiger partial charge in [-0.1, -0.05) is 42.3 Å². The number of anilines is 1. The quantitative estimate of drug-likeness (QED) is 0.317. The second-order valence-electron chi connectivity index (χ2n) is 9.88. The fourth-order valence-electron chi connectivity index (χ4n) is 3.80. The van der Waals surface area contributed by atoms with Crippen molar-refractivity contribution in [3.63, 3.8) is 0 Å². The molecule has 0 bridgehead atoms. The van der Waals surface area contributed by atoms with E-state index in [0.717, 1.165) is 16.6 Å². The SMILES string of the molecule is CC[C@@H](C(=O)NC(C)(C)C)N(Cc1c(Cl)cccc1Cl)C(=O)CN(c1cc([N+](=O)[O-])ccc1C)S(C)(=O)=O. The summed E-state index contributed by atoms with van der Waals surface area (Å²) in [5, 5.41) is 14.8. The number of benzene rings is 2. The number of sulfonamides is 1. The lowest BCUT2D eigenvalue weighted by molar-refractivity contribution is -0.384. The molecule has 1 N–H and O–H groups in total. The highest BCUT2D eigenvalue weighted by molar-refractivity contribution is 7.92. The molecule has 0 unspecified atom stereocenters. The first-order valence-corrected chi connectivity index (χ1v) is 14.3. The van der Waals surface area contributed by atoms with E-state index in [1.165, 1.54) is 17.0 Å². The number of carbonyl (C=O) groups excluding carboxylic acids is 2. The summed E-state index contributed by atoms with van der Waals surface area (Å²) in [5.74, 6) is -1.15. The molecule has 0 spiro atoms. The number of hydrogen-bond donors (Lipinski definition) is 1. The molecule has 10 nitrogen and oxygen atoms in total. The molecular formula is C25H32Cl2N4O6S. The maximum atomic E-state index is 13.8. The number of nitro benzene ring substituents is 1. The van der Waals surface area contributed by atoms with Gasteiger partial charge in [-0.3, -0.25) is 24.0 Å². The number of non-ortho nitro benzene ring substituents is 1. The van der Waals surface area contributed by atoms with Gasteiger partial charge >= 0.3 is 0 Å². The van der Waals surface area contributed by atoms with Crippen molar-refractivity contribution in [1.29, 1.82) is 0 Å². The normalized spacial score (nSPS) is 12.5. The lowest BCUT2D eigenvalue weighted by atomic mass is 10.1. The Morgan fingerprint density at radius 1 is 1.13 bits per heavy atom. The Labute approximate surface area is 233 Å². The number of nitrogens with one attached hydrogen (secondary N) is 1. The Bertz CT molecular complexity index is 1310. The molecule has 0 aliphatic rings. The number of aryl methyl sites for hydroxylation is 1. The van der Waals surface area contributed by atoms with E-state index in [4.69, 9.17) is 23.2 Å². The van der Waals surface area contributed by atoms with Crippen molar-refractivity contribution in [3.8, 4) is 0 Å². The summed E-state index contributed by atoms with van der Waals surface area (Å²) in [6, 6.07) is 7.60. The molecule has 0 aliphatic carbocycles. The lowest BCUT2D eigenvalue weighted by Crippen LogP contribution is -2.55. The molecule has 2 amide bonds. The minimum Gasteiger partial charge on any atom is -0.350 e. The Hall–Kier alpha value is -2.89. The summed E-state index contributed by atoms with van der Waals surface area (Å²) in [4.78, 5) is 39.0. The van der Waals surface area contributed by atoms with E-state index >= 15 is 0 Å². The molecule has 208 valence electrons. The molecular weight excluding hydrogens is 555 g/mol. The van der Waals surface area contributed by atoms with Crippen molar-refractivity contribution in [2.24, 2.45) is 0 Å². The zero-order valence-corrected chi connectivity index (χ0v) is 24.4. The highest BCUT2D eigenvalue weighted by Gasteiger charge is 2.34. The Morgan fingerprint density at radius 3 is 2.18 bits per heavy atom. The molecule has 0 aromatic heterocycles. The van der Waals surface area contributed by atoms with Crippen LogP contribution in [0.5, 0.6) is 0 Å². The minimum absolute atomic E-state index is 0.0158. The van der Waals surface area contributed by atoms with Crippen LogP contribution in [-0.4, -0.2) is 54.4 Å². The van der Waals surface area contributed by atoms with Crippen LogP contribution in [0.4, 0.5) is 11.4 Å². The van der Waals surface area contributed by atoms with E-state index in [2.05, 4.69) is 5.32 Å². The predicted octanol–water partition coefficient (Wildman–Crippen LogP) is 4.70. The molecule has 2 rings (SSSR count). The predicted molar refractivity (Wildman–Crippen MR) is 149 cm³/mol. The third-order valence-electron chi connectivity index (χ3n) is 5.63. The van der Waals surface area contributed by atoms with Crippen LogP contribution in [-0.2, 0) is 26.2 Å². The van der Waals surface area contributed by atoms with Gasteiger partial charge < -0.3 is 10.2 Å². The molecule has 1 atom stereocenters. The van der Waals surface area contributed by atoms with Crippen LogP contribution in [0.25, 0.3) is 0 Å². The zero-order chi connectivity index (χ0) is 29.0. The van der Waals surface area contributed by atoms with Gasteiger partial charge in [0, 0.05) is 39.8 Å². The molecule has 0 saturated carbocycles. The van der Waals surface area contributed by atoms with Gasteiger partial charge in [0.2, 0.25) is 21.8 Å². The number of amides is 2. The third kappa shape index (κ3) is 8.05. The smallest absolute Gasteiger partial charge is 0.271 e. The van der Waals surface area contributed by atoms with Gasteiger partial charge in [0.05, 0.1) is 16.9 Å². The van der Waals surface area contributed by atoms with Gasteiger partial charge in [-0.25, -0.2) is 8.42 Å². The number of nitrogens with zero attached hydrogens (tertiary/aromatic N) is 3. The lowest BCUT2D eigenvalue weighted by Gasteiger charge is -2.35. The third-order valence-corrected chi connectivity index (χ3v) is 7.46. The molecule has 0 radical (unpaired) electrons. The molecule has 38 heavy (non-hydrogen) atoms. The average molecular weight is 588 g/mol. The number of rotatable bonds is 10. The molecule has 2 aromatic rings. The topological polar surface area (TPSA) is 130 Å². The minimum atomic E-state index is -4.07. The van der Waals surface area contributed by atoms with Crippen LogP contribution < -0.4 is 9.62 Å². The fourth-order valence-corrected chi connectivity index (χ4v) is 5.22. The maximum Gasteiger partial charge on any atom is 0.271 e. The number of halogens is 2. The van der Waals surface area contributed by atoms with E-state index in [-0.39, 0.29) is 34.4 Å². The van der Waals surface area contributed by atoms with Gasteiger partial charge in [-0.15, -0.1) is 0 Å². The van der Waals surface area contributed by atoms with Crippen LogP contribution in [0.1, 0.15) is 45.2 Å². The number of carbonyl (C=O) groups is 2. The summed E-state index contributed by atoms with van der Waals surface area (Å²) in [5.41, 5.74) is -0.142. The molecule has 0 aliphatic heterocycles. The van der Waals surface area contributed by atoms with Gasteiger partial charge in [0.15, 0.2) is 0 Å². The van der Waals surface area contributed by atoms with E-state index in [1.807, 2.05) is 0 Å². The van der Waals surface area contributed by atoms with Crippen molar-refractivity contribution >= 4 is 56.4 Å². The van der Waals surface area contributed by atoms with Crippen LogP contribution in [0, 0.1) is 17.0 Å². The van der Waals surface area contributed by atoms with Crippen LogP contribution in [0.15, 0.2) is 36.4 Å². The van der Waals surface area contributed by atoms with Crippen molar-refractivity contribution in [2.45, 2.75) is 59.2 Å². The number of nitro groups is 1. The van der Waals surface area contributed by atoms with Gasteiger partial charge in [0.25, 0.3) is 5.69 Å². The second kappa shape index (κ2) is 12.3. The second-order valence-corrected chi connectivity index (χ2v) is 12.6. The van der Waals surface area contributed by atoms with Crippen LogP contribution >= 0.6 is 23.2 Å². The van der Waals surface area contributed by atoms with E-state index in [1.54, 1.807) is 52.8 Å². The van der Waals surface area contributed by atoms with E-state index in [0.29, 0.717) is 11.1 Å². The van der Waals surface area contributed by atoms with Crippen LogP contribution in [0.3, 0.4) is 0 Å². The van der Waals surface area contributed by atoms with Crippen LogP contribution in [0.2, 0.25) is 10.0 Å². The standard InChI is InChI=1S/C25H32Cl2N4O6S/c1-7-21(24(33)28-25(3,4)5)29(14-18-19(26)9-8-10-20(18)27)23(32)15-30(38(6,36)37)22-13-17(31(34)35)12-11-16(22)2/h8-13,21H,7,14-15H2,1-6H3,(H,28,33)/t21-/m0/s1. The van der Waals surface area contributed by atoms with Gasteiger partial charge in [0.1, 0.15) is 12.6 Å². The Balaban J connectivity index is 2.61. The first-order valence-electron chi connectivity index (χ1n) is 11.7. The molecule has 13 heteroatoms. The summed E-state index contributed by atoms with van der Waals surface area (Å²) < 4.78 is 26.4. The van der Waals surface area contributed by atoms with Crippen molar-refractivity contribution in [1.82, 2.24) is 10.2 Å². The van der Waals surface area contributed by atoms with Crippen molar-refractivity contribution in [2.75, 3.05) is 17.1 Å². The molecule has 0 saturated heterocycles. The zero-order valence-electron chi connectivity index (χ0n) is 22.1. The van der Waals surface area contributed by atoms with Crippen molar-refractivity contribution < 1.29 is 22.9 Å². The van der Waals surface area contributed by atoms with Gasteiger partial charge in [-0.2, -0.15) is 0 Å². The highest BCUT2D eigenvalue weighted by atomic mass is 35.5. The summed E-state index contributed by atoms with van der Waals surface area (Å²) in [6.45, 7) is 7.82. The van der Waals surface area contributed by atoms with E-state index < -0.39 is 44.9 Å². The fraction of sp³-hybridized carbons (Fsp3) is 0.440. The highest BCUT2D eigenvalue weighted by Crippen LogP contribution is 2.30. The summed E-state index contributed by atoms with van der Waals surface area (Å²) >= 11 is 12.7. The average Bonchev–Trinajstić information content (AvgIpc) is 2.77. The number of hydrogen-bond acceptors (Lipinski definition) is 6. The Morgan fingerprint density at radius 2 is 1.71 bits per heavy atom. The van der Waals surface area contributed by atoms with Crippen molar-refractivity contribution in [3.05, 3.63) is 67.7 Å². The first kappa shape index (κ1) is 31.3. The van der Waals surface area contributed by atoms with Gasteiger partial charge in [-0.05, 0) is 51.8 Å². The summed E-state index contributed by atoms with van der Waals surface area (Å²) in [7, 11) is -4.07.